The normalized spacial score (nSPS) is 14.7. The van der Waals surface area contributed by atoms with E-state index in [4.69, 9.17) is 28.6 Å². The van der Waals surface area contributed by atoms with Crippen LogP contribution in [-0.2, 0) is 19.0 Å². The molecule has 2 aromatic carbocycles. The van der Waals surface area contributed by atoms with Gasteiger partial charge in [-0.25, -0.2) is 14.3 Å². The number of rotatable bonds is 3. The highest BCUT2D eigenvalue weighted by Crippen LogP contribution is 2.31. The Balaban J connectivity index is 1.59. The van der Waals surface area contributed by atoms with Gasteiger partial charge in [-0.05, 0) is 62.2 Å². The molecule has 4 aromatic rings. The summed E-state index contributed by atoms with van der Waals surface area (Å²) in [6.45, 7) is 5.26. The third-order valence-corrected chi connectivity index (χ3v) is 6.81. The van der Waals surface area contributed by atoms with E-state index >= 15 is 0 Å². The molecule has 0 radical (unpaired) electrons. The second kappa shape index (κ2) is 8.23. The monoisotopic (exact) mass is 495 g/mol. The number of para-hydroxylation sites is 1. The van der Waals surface area contributed by atoms with Crippen LogP contribution in [0.2, 0.25) is 10.0 Å². The molecule has 1 aliphatic rings. The Bertz CT molecular complexity index is 1550. The van der Waals surface area contributed by atoms with Crippen LogP contribution in [0.1, 0.15) is 25.0 Å². The van der Waals surface area contributed by atoms with Crippen molar-refractivity contribution in [2.45, 2.75) is 25.8 Å². The molecular weight excluding hydrogens is 473 g/mol. The maximum Gasteiger partial charge on any atom is 0.335 e. The minimum Gasteiger partial charge on any atom is -0.324 e. The van der Waals surface area contributed by atoms with Crippen LogP contribution in [0.5, 0.6) is 0 Å². The van der Waals surface area contributed by atoms with Crippen LogP contribution in [0, 0.1) is 5.41 Å². The zero-order chi connectivity index (χ0) is 24.2. The van der Waals surface area contributed by atoms with Crippen molar-refractivity contribution in [2.75, 3.05) is 11.9 Å². The van der Waals surface area contributed by atoms with E-state index in [2.05, 4.69) is 46.6 Å². The Kier molecular flexibility index (Phi) is 5.47. The van der Waals surface area contributed by atoms with Gasteiger partial charge in [0.25, 0.3) is 0 Å². The van der Waals surface area contributed by atoms with Crippen LogP contribution in [0.15, 0.2) is 47.4 Å². The predicted octanol–water partition coefficient (Wildman–Crippen LogP) is 4.03. The first-order valence-corrected chi connectivity index (χ1v) is 11.6. The van der Waals surface area contributed by atoms with Crippen LogP contribution in [0.3, 0.4) is 0 Å². The van der Waals surface area contributed by atoms with E-state index < -0.39 is 5.69 Å². The highest BCUT2D eigenvalue weighted by Gasteiger charge is 2.26. The van der Waals surface area contributed by atoms with Gasteiger partial charge in [-0.15, -0.1) is 0 Å². The summed E-state index contributed by atoms with van der Waals surface area (Å²) in [6, 6.07) is 11.1. The van der Waals surface area contributed by atoms with Crippen molar-refractivity contribution < 1.29 is 0 Å². The number of hydrogen-bond donors (Lipinski definition) is 3. The summed E-state index contributed by atoms with van der Waals surface area (Å²) in [7, 11) is 1.59. The van der Waals surface area contributed by atoms with E-state index in [1.54, 1.807) is 25.2 Å². The lowest BCUT2D eigenvalue weighted by Crippen LogP contribution is -2.42. The van der Waals surface area contributed by atoms with Crippen molar-refractivity contribution >= 4 is 45.9 Å². The molecular formula is C24H23Cl2N7O. The molecule has 3 N–H and O–H groups in total. The smallest absolute Gasteiger partial charge is 0.324 e. The lowest BCUT2D eigenvalue weighted by atomic mass is 9.85. The second-order valence-corrected chi connectivity index (χ2v) is 9.64. The molecule has 0 unspecified atom stereocenters. The fourth-order valence-corrected chi connectivity index (χ4v) is 5.01. The molecule has 0 atom stereocenters. The molecule has 5 rings (SSSR count). The standard InChI is InChI=1S/C24H23Cl2N7O/c1-24(2)16-8-7-14(11-13(16)9-10-29-24)30-22-28-12-15-20(27)33(23(34)32(3)21(15)31-22)19-17(25)5-4-6-18(19)26/h4-8,11-12,27,29H,9-10H2,1-3H3,(H,28,30,31). The van der Waals surface area contributed by atoms with Crippen molar-refractivity contribution in [3.05, 3.63) is 79.7 Å². The molecule has 0 saturated carbocycles. The van der Waals surface area contributed by atoms with Gasteiger partial charge in [0, 0.05) is 24.5 Å². The number of aromatic nitrogens is 4. The molecule has 0 fully saturated rings. The van der Waals surface area contributed by atoms with E-state index in [0.29, 0.717) is 17.0 Å². The zero-order valence-electron chi connectivity index (χ0n) is 18.9. The highest BCUT2D eigenvalue weighted by atomic mass is 35.5. The zero-order valence-corrected chi connectivity index (χ0v) is 20.4. The minimum absolute atomic E-state index is 0.0751. The van der Waals surface area contributed by atoms with Crippen LogP contribution in [-0.4, -0.2) is 25.6 Å². The topological polar surface area (TPSA) is 101 Å². The number of nitrogens with zero attached hydrogens (tertiary/aromatic N) is 4. The van der Waals surface area contributed by atoms with Gasteiger partial charge in [0.1, 0.15) is 5.49 Å². The highest BCUT2D eigenvalue weighted by molar-refractivity contribution is 6.37. The maximum absolute atomic E-state index is 13.2. The molecule has 8 nitrogen and oxygen atoms in total. The first-order chi connectivity index (χ1) is 16.2. The molecule has 0 spiro atoms. The van der Waals surface area contributed by atoms with Gasteiger partial charge < -0.3 is 10.6 Å². The fraction of sp³-hybridized carbons (Fsp3) is 0.250. The number of nitrogens with one attached hydrogen (secondary N) is 3. The Hall–Kier alpha value is -3.20. The number of anilines is 2. The van der Waals surface area contributed by atoms with Crippen molar-refractivity contribution in [2.24, 2.45) is 7.05 Å². The number of benzene rings is 2. The van der Waals surface area contributed by atoms with Crippen LogP contribution in [0.25, 0.3) is 16.7 Å². The van der Waals surface area contributed by atoms with Gasteiger partial charge in [0.05, 0.1) is 21.1 Å². The fourth-order valence-electron chi connectivity index (χ4n) is 4.44. The van der Waals surface area contributed by atoms with Crippen molar-refractivity contribution in [1.29, 1.82) is 5.41 Å². The summed E-state index contributed by atoms with van der Waals surface area (Å²) < 4.78 is 2.53. The van der Waals surface area contributed by atoms with Crippen molar-refractivity contribution in [3.8, 4) is 5.69 Å². The van der Waals surface area contributed by atoms with E-state index in [0.717, 1.165) is 18.7 Å². The minimum atomic E-state index is -0.485. The number of aryl methyl sites for hydroxylation is 1. The molecule has 174 valence electrons. The third kappa shape index (κ3) is 3.68. The summed E-state index contributed by atoms with van der Waals surface area (Å²) in [4.78, 5) is 22.1. The maximum atomic E-state index is 13.2. The van der Waals surface area contributed by atoms with Gasteiger partial charge in [0.2, 0.25) is 5.95 Å². The lowest BCUT2D eigenvalue weighted by molar-refractivity contribution is 0.382. The second-order valence-electron chi connectivity index (χ2n) is 8.83. The summed E-state index contributed by atoms with van der Waals surface area (Å²) in [6.07, 6.45) is 2.47. The molecule has 0 bridgehead atoms. The summed E-state index contributed by atoms with van der Waals surface area (Å²) in [5.41, 5.74) is 3.33. The van der Waals surface area contributed by atoms with Gasteiger partial charge >= 0.3 is 5.69 Å². The first kappa shape index (κ1) is 22.6. The average molecular weight is 496 g/mol. The Morgan fingerprint density at radius 2 is 1.91 bits per heavy atom. The Morgan fingerprint density at radius 3 is 2.65 bits per heavy atom. The summed E-state index contributed by atoms with van der Waals surface area (Å²) >= 11 is 12.6. The third-order valence-electron chi connectivity index (χ3n) is 6.20. The predicted molar refractivity (Wildman–Crippen MR) is 134 cm³/mol. The van der Waals surface area contributed by atoms with E-state index in [1.165, 1.54) is 26.5 Å². The van der Waals surface area contributed by atoms with E-state index in [9.17, 15) is 4.79 Å². The van der Waals surface area contributed by atoms with E-state index in [1.807, 2.05) is 6.07 Å². The largest absolute Gasteiger partial charge is 0.335 e. The number of halogens is 2. The molecule has 1 aliphatic heterocycles. The molecule has 0 saturated heterocycles. The Labute approximate surface area is 205 Å². The average Bonchev–Trinajstić information content (AvgIpc) is 2.79. The summed E-state index contributed by atoms with van der Waals surface area (Å²) in [5, 5.41) is 16.4. The van der Waals surface area contributed by atoms with Crippen LogP contribution >= 0.6 is 23.2 Å². The lowest BCUT2D eigenvalue weighted by Gasteiger charge is -2.34. The van der Waals surface area contributed by atoms with Crippen molar-refractivity contribution in [1.82, 2.24) is 24.4 Å². The first-order valence-electron chi connectivity index (χ1n) is 10.8. The van der Waals surface area contributed by atoms with E-state index in [-0.39, 0.29) is 26.8 Å². The van der Waals surface area contributed by atoms with Gasteiger partial charge in [-0.2, -0.15) is 4.98 Å². The molecule has 10 heteroatoms. The molecule has 0 amide bonds. The van der Waals surface area contributed by atoms with Gasteiger partial charge in [-0.3, -0.25) is 9.98 Å². The molecule has 34 heavy (non-hydrogen) atoms. The summed E-state index contributed by atoms with van der Waals surface area (Å²) in [5.74, 6) is 0.337. The number of fused-ring (bicyclic) bond motifs is 2. The quantitative estimate of drug-likeness (QED) is 0.398. The van der Waals surface area contributed by atoms with Crippen LogP contribution < -0.4 is 21.8 Å². The number of hydrogen-bond acceptors (Lipinski definition) is 6. The molecule has 0 aliphatic carbocycles. The van der Waals surface area contributed by atoms with Crippen LogP contribution in [0.4, 0.5) is 11.6 Å². The SMILES string of the molecule is Cn1c(=O)n(-c2c(Cl)cccc2Cl)c(=N)c2cnc(Nc3ccc4c(c3)CCNC4(C)C)nc21. The molecule has 3 heterocycles. The van der Waals surface area contributed by atoms with Crippen molar-refractivity contribution in [3.63, 3.8) is 0 Å². The Morgan fingerprint density at radius 1 is 1.18 bits per heavy atom. The van der Waals surface area contributed by atoms with Gasteiger partial charge in [-0.1, -0.05) is 35.3 Å². The van der Waals surface area contributed by atoms with Gasteiger partial charge in [0.15, 0.2) is 5.65 Å². The molecule has 2 aromatic heterocycles.